The van der Waals surface area contributed by atoms with E-state index in [0.717, 1.165) is 83.5 Å². The van der Waals surface area contributed by atoms with E-state index < -0.39 is 24.3 Å². The van der Waals surface area contributed by atoms with E-state index in [1.807, 2.05) is 21.1 Å². The van der Waals surface area contributed by atoms with Crippen molar-refractivity contribution < 1.29 is 42.9 Å². The molecule has 0 aromatic carbocycles. The molecular formula is C84H149NO8. The van der Waals surface area contributed by atoms with Gasteiger partial charge in [-0.05, 0) is 89.9 Å². The molecule has 9 nitrogen and oxygen atoms in total. The molecule has 0 amide bonds. The smallest absolute Gasteiger partial charge is 0.306 e. The average molecular weight is 1300 g/mol. The van der Waals surface area contributed by atoms with Crippen LogP contribution in [0.1, 0.15) is 361 Å². The summed E-state index contributed by atoms with van der Waals surface area (Å²) in [5, 5.41) is 11.9. The Balaban J connectivity index is 3.99. The highest BCUT2D eigenvalue weighted by atomic mass is 16.7. The van der Waals surface area contributed by atoms with Gasteiger partial charge < -0.3 is 33.3 Å². The van der Waals surface area contributed by atoms with Crippen LogP contribution in [0.3, 0.4) is 0 Å². The average Bonchev–Trinajstić information content (AvgIpc) is 3.74. The maximum Gasteiger partial charge on any atom is 0.306 e. The monoisotopic (exact) mass is 1300 g/mol. The van der Waals surface area contributed by atoms with Crippen molar-refractivity contribution in [3.8, 4) is 0 Å². The third-order valence-corrected chi connectivity index (χ3v) is 17.3. The summed E-state index contributed by atoms with van der Waals surface area (Å²) in [5.41, 5.74) is 0. The van der Waals surface area contributed by atoms with Gasteiger partial charge in [0.05, 0.1) is 40.3 Å². The van der Waals surface area contributed by atoms with Crippen LogP contribution in [0, 0.1) is 0 Å². The van der Waals surface area contributed by atoms with E-state index in [1.165, 1.54) is 244 Å². The van der Waals surface area contributed by atoms with Gasteiger partial charge in [0.2, 0.25) is 0 Å². The molecule has 0 saturated carbocycles. The number of quaternary nitrogens is 1. The third-order valence-electron chi connectivity index (χ3n) is 17.3. The van der Waals surface area contributed by atoms with Crippen molar-refractivity contribution in [2.24, 2.45) is 0 Å². The number of likely N-dealkylation sites (N-methyl/N-ethyl adjacent to an activating group) is 1. The number of hydrogen-bond acceptors (Lipinski definition) is 8. The van der Waals surface area contributed by atoms with E-state index in [9.17, 15) is 19.5 Å². The first-order valence-electron chi connectivity index (χ1n) is 39.4. The summed E-state index contributed by atoms with van der Waals surface area (Å²) in [6.45, 7) is 4.58. The largest absolute Gasteiger partial charge is 0.545 e. The lowest BCUT2D eigenvalue weighted by Gasteiger charge is -2.26. The summed E-state index contributed by atoms with van der Waals surface area (Å²) >= 11 is 0. The van der Waals surface area contributed by atoms with Gasteiger partial charge in [-0.1, -0.05) is 355 Å². The number of esters is 2. The molecule has 0 aromatic rings. The summed E-state index contributed by atoms with van der Waals surface area (Å²) < 4.78 is 22.9. The molecule has 0 N–H and O–H groups in total. The van der Waals surface area contributed by atoms with E-state index in [-0.39, 0.29) is 32.2 Å². The molecule has 0 radical (unpaired) electrons. The molecule has 9 heteroatoms. The van der Waals surface area contributed by atoms with Crippen molar-refractivity contribution in [3.05, 3.63) is 97.2 Å². The fourth-order valence-electron chi connectivity index (χ4n) is 11.4. The van der Waals surface area contributed by atoms with Gasteiger partial charge in [-0.3, -0.25) is 9.59 Å². The number of carboxylic acid groups (broad SMARTS) is 1. The molecule has 0 aliphatic heterocycles. The van der Waals surface area contributed by atoms with Crippen molar-refractivity contribution >= 4 is 17.9 Å². The molecule has 538 valence electrons. The van der Waals surface area contributed by atoms with Gasteiger partial charge in [-0.2, -0.15) is 0 Å². The molecule has 2 unspecified atom stereocenters. The van der Waals surface area contributed by atoms with E-state index in [2.05, 4.69) is 111 Å². The van der Waals surface area contributed by atoms with Crippen LogP contribution in [0.15, 0.2) is 97.2 Å². The van der Waals surface area contributed by atoms with Gasteiger partial charge >= 0.3 is 11.9 Å². The van der Waals surface area contributed by atoms with Crippen LogP contribution in [0.2, 0.25) is 0 Å². The van der Waals surface area contributed by atoms with Crippen LogP contribution in [-0.2, 0) is 33.3 Å². The lowest BCUT2D eigenvalue weighted by Crippen LogP contribution is -2.44. The van der Waals surface area contributed by atoms with E-state index in [1.54, 1.807) is 0 Å². The van der Waals surface area contributed by atoms with Crippen molar-refractivity contribution in [2.45, 2.75) is 373 Å². The maximum absolute atomic E-state index is 13.0. The van der Waals surface area contributed by atoms with Crippen molar-refractivity contribution in [3.63, 3.8) is 0 Å². The Morgan fingerprint density at radius 1 is 0.323 bits per heavy atom. The number of carbonyl (C=O) groups is 3. The molecule has 0 aliphatic rings. The number of nitrogens with zero attached hydrogens (tertiary/aromatic N) is 1. The molecule has 0 saturated heterocycles. The second kappa shape index (κ2) is 74.0. The minimum absolute atomic E-state index is 0.148. The maximum atomic E-state index is 13.0. The highest BCUT2D eigenvalue weighted by molar-refractivity contribution is 5.70. The van der Waals surface area contributed by atoms with Crippen molar-refractivity contribution in [1.82, 2.24) is 0 Å². The number of unbranched alkanes of at least 4 members (excludes halogenated alkanes) is 42. The number of hydrogen-bond donors (Lipinski definition) is 0. The molecule has 0 aliphatic carbocycles. The molecule has 0 fully saturated rings. The van der Waals surface area contributed by atoms with E-state index in [0.29, 0.717) is 23.9 Å². The first kappa shape index (κ1) is 89.2. The van der Waals surface area contributed by atoms with Crippen LogP contribution < -0.4 is 5.11 Å². The Labute approximate surface area is 575 Å². The van der Waals surface area contributed by atoms with Crippen molar-refractivity contribution in [2.75, 3.05) is 47.5 Å². The van der Waals surface area contributed by atoms with Crippen LogP contribution in [0.4, 0.5) is 0 Å². The quantitative estimate of drug-likeness (QED) is 0.0195. The first-order chi connectivity index (χ1) is 45.6. The van der Waals surface area contributed by atoms with E-state index >= 15 is 0 Å². The topological polar surface area (TPSA) is 111 Å². The molecule has 0 heterocycles. The third kappa shape index (κ3) is 75.5. The highest BCUT2D eigenvalue weighted by Crippen LogP contribution is 2.19. The summed E-state index contributed by atoms with van der Waals surface area (Å²) in [6, 6.07) is 0. The van der Waals surface area contributed by atoms with Gasteiger partial charge in [0.15, 0.2) is 12.4 Å². The lowest BCUT2D eigenvalue weighted by atomic mass is 10.0. The molecule has 2 atom stereocenters. The summed E-state index contributed by atoms with van der Waals surface area (Å²) in [5.74, 6) is -2.26. The zero-order valence-corrected chi connectivity index (χ0v) is 61.6. The minimum atomic E-state index is -1.62. The zero-order valence-electron chi connectivity index (χ0n) is 61.6. The standard InChI is InChI=1S/C84H149NO8/c1-6-8-10-12-14-16-18-20-22-24-26-28-30-32-34-36-38-40-41-43-45-47-49-51-53-55-57-59-61-63-65-67-69-71-73-75-82(87)93-80(79-92-84(83(88)89)90-77-76-85(3,4)5)78-91-81(86)74-72-70-68-66-64-62-60-58-56-54-52-50-48-46-44-42-39-37-35-33-31-29-27-25-23-21-19-17-15-13-11-9-7-2/h8-11,14-17,20-23,26-29,80,84H,6-7,12-13,18-19,24-25,30-79H2,1-5H3/b10-8-,11-9-,16-14-,17-15-,22-20-,23-21-,28-26-,29-27-. The van der Waals surface area contributed by atoms with Crippen molar-refractivity contribution in [1.29, 1.82) is 0 Å². The fourth-order valence-corrected chi connectivity index (χ4v) is 11.4. The number of rotatable bonds is 73. The predicted molar refractivity (Wildman–Crippen MR) is 398 cm³/mol. The Bertz CT molecular complexity index is 1850. The number of carbonyl (C=O) groups excluding carboxylic acids is 3. The Morgan fingerprint density at radius 3 is 0.860 bits per heavy atom. The van der Waals surface area contributed by atoms with Gasteiger partial charge in [-0.15, -0.1) is 0 Å². The number of ether oxygens (including phenoxy) is 4. The normalized spacial score (nSPS) is 13.2. The van der Waals surface area contributed by atoms with Crippen LogP contribution in [-0.4, -0.2) is 82.3 Å². The molecule has 93 heavy (non-hydrogen) atoms. The van der Waals surface area contributed by atoms with E-state index in [4.69, 9.17) is 18.9 Å². The molecule has 0 aromatic heterocycles. The SMILES string of the molecule is CC/C=C\C/C=C\C/C=C\C/C=C\CCCCCCCCCCCCCCCCCCCCCCCCC(=O)OC(COC(=O)CCCCCCCCCCCCCCCCCCCCCC/C=C\C/C=C\C/C=C\C/C=C\CC)COC(OCC[N+](C)(C)C)C(=O)[O-]. The number of aliphatic carboxylic acids is 1. The Hall–Kier alpha value is -3.79. The van der Waals surface area contributed by atoms with Crippen LogP contribution in [0.25, 0.3) is 0 Å². The predicted octanol–water partition coefficient (Wildman–Crippen LogP) is 23.8. The first-order valence-corrected chi connectivity index (χ1v) is 39.4. The van der Waals surface area contributed by atoms with Crippen LogP contribution >= 0.6 is 0 Å². The second-order valence-corrected chi connectivity index (χ2v) is 27.6. The molecule has 0 bridgehead atoms. The summed E-state index contributed by atoms with van der Waals surface area (Å²) in [6.07, 6.45) is 99.6. The summed E-state index contributed by atoms with van der Waals surface area (Å²) in [4.78, 5) is 37.6. The Kier molecular flexibility index (Phi) is 71.0. The molecule has 0 spiro atoms. The molecular weight excluding hydrogens is 1150 g/mol. The second-order valence-electron chi connectivity index (χ2n) is 27.6. The lowest BCUT2D eigenvalue weighted by molar-refractivity contribution is -0.870. The fraction of sp³-hybridized carbons (Fsp3) is 0.774. The minimum Gasteiger partial charge on any atom is -0.545 e. The summed E-state index contributed by atoms with van der Waals surface area (Å²) in [7, 11) is 5.95. The van der Waals surface area contributed by atoms with Gasteiger partial charge in [-0.25, -0.2) is 0 Å². The number of carboxylic acids is 1. The Morgan fingerprint density at radius 2 is 0.581 bits per heavy atom. The highest BCUT2D eigenvalue weighted by Gasteiger charge is 2.22. The van der Waals surface area contributed by atoms with Crippen LogP contribution in [0.5, 0.6) is 0 Å². The van der Waals surface area contributed by atoms with Gasteiger partial charge in [0, 0.05) is 12.8 Å². The molecule has 0 rings (SSSR count). The number of allylic oxidation sites excluding steroid dienone is 16. The van der Waals surface area contributed by atoms with Gasteiger partial charge in [0.25, 0.3) is 0 Å². The van der Waals surface area contributed by atoms with Gasteiger partial charge in [0.1, 0.15) is 13.2 Å². The zero-order chi connectivity index (χ0) is 67.5.